The fourth-order valence-electron chi connectivity index (χ4n) is 4.62. The Hall–Kier alpha value is -2.99. The molecular formula is C28H38F3N5O3. The lowest BCUT2D eigenvalue weighted by Crippen LogP contribution is -2.49. The van der Waals surface area contributed by atoms with Crippen LogP contribution in [0, 0.1) is 0 Å². The van der Waals surface area contributed by atoms with E-state index in [0.717, 1.165) is 50.4 Å². The van der Waals surface area contributed by atoms with Crippen molar-refractivity contribution in [2.75, 3.05) is 65.4 Å². The summed E-state index contributed by atoms with van der Waals surface area (Å²) in [7, 11) is 0. The fourth-order valence-corrected chi connectivity index (χ4v) is 4.62. The number of amides is 2. The Balaban J connectivity index is 0.000000224. The predicted molar refractivity (Wildman–Crippen MR) is 143 cm³/mol. The van der Waals surface area contributed by atoms with Crippen molar-refractivity contribution in [2.24, 2.45) is 5.73 Å². The first-order chi connectivity index (χ1) is 18.6. The lowest BCUT2D eigenvalue weighted by atomic mass is 10.1. The van der Waals surface area contributed by atoms with Crippen molar-refractivity contribution in [3.63, 3.8) is 0 Å². The highest BCUT2D eigenvalue weighted by atomic mass is 19.4. The van der Waals surface area contributed by atoms with Crippen LogP contribution in [0.2, 0.25) is 0 Å². The summed E-state index contributed by atoms with van der Waals surface area (Å²) in [5.41, 5.74) is 4.70. The number of nitrogens with one attached hydrogen (secondary N) is 1. The molecule has 2 aromatic rings. The Bertz CT molecular complexity index is 1040. The zero-order valence-electron chi connectivity index (χ0n) is 22.1. The molecule has 2 saturated heterocycles. The van der Waals surface area contributed by atoms with Crippen LogP contribution in [0.5, 0.6) is 0 Å². The highest BCUT2D eigenvalue weighted by Gasteiger charge is 2.31. The Morgan fingerprint density at radius 2 is 1.46 bits per heavy atom. The van der Waals surface area contributed by atoms with E-state index in [1.807, 2.05) is 30.3 Å². The van der Waals surface area contributed by atoms with Gasteiger partial charge in [-0.25, -0.2) is 0 Å². The average molecular weight is 550 g/mol. The van der Waals surface area contributed by atoms with Gasteiger partial charge in [-0.15, -0.1) is 0 Å². The number of nitrogens with zero attached hydrogens (tertiary/aromatic N) is 3. The molecule has 2 fully saturated rings. The molecule has 2 heterocycles. The molecule has 11 heteroatoms. The quantitative estimate of drug-likeness (QED) is 0.444. The lowest BCUT2D eigenvalue weighted by molar-refractivity contribution is -0.137. The van der Waals surface area contributed by atoms with Gasteiger partial charge in [-0.2, -0.15) is 13.2 Å². The van der Waals surface area contributed by atoms with E-state index in [-0.39, 0.29) is 11.7 Å². The third kappa shape index (κ3) is 10.6. The smallest absolute Gasteiger partial charge is 0.387 e. The molecule has 0 aromatic heterocycles. The number of piperazine rings is 1. The zero-order chi connectivity index (χ0) is 28.3. The number of aliphatic hydroxyl groups is 1. The third-order valence-electron chi connectivity index (χ3n) is 6.89. The summed E-state index contributed by atoms with van der Waals surface area (Å²) >= 11 is 0. The molecule has 0 spiro atoms. The van der Waals surface area contributed by atoms with Crippen LogP contribution in [0.3, 0.4) is 0 Å². The molecular weight excluding hydrogens is 511 g/mol. The van der Waals surface area contributed by atoms with Gasteiger partial charge in [0.25, 0.3) is 5.91 Å². The number of likely N-dealkylation sites (tertiary alicyclic amines) is 1. The standard InChI is InChI=1S/C18H29N3O.C10H9F3N2O2/c22-18(17-6-2-1-3-7-17)16-21-14-12-20(13-15-21)11-10-19-8-4-5-9-19;11-10(12,13)7-3-1-2-6(4-7)9(17)15-5-8(14)16/h1-3,6-7,18,22H,4-5,8-16H2;1-4H,5H2,(H2,14,16)(H,15,17). The summed E-state index contributed by atoms with van der Waals surface area (Å²) in [6, 6.07) is 13.9. The van der Waals surface area contributed by atoms with Crippen LogP contribution < -0.4 is 11.1 Å². The molecule has 4 N–H and O–H groups in total. The Morgan fingerprint density at radius 1 is 0.872 bits per heavy atom. The van der Waals surface area contributed by atoms with Crippen LogP contribution in [0.15, 0.2) is 54.6 Å². The van der Waals surface area contributed by atoms with Crippen molar-refractivity contribution in [3.05, 3.63) is 71.3 Å². The SMILES string of the molecule is NC(=O)CNC(=O)c1cccc(C(F)(F)F)c1.OC(CN1CCN(CCN2CCCC2)CC1)c1ccccc1. The van der Waals surface area contributed by atoms with E-state index in [4.69, 9.17) is 5.73 Å². The molecule has 8 nitrogen and oxygen atoms in total. The number of rotatable bonds is 9. The van der Waals surface area contributed by atoms with Crippen LogP contribution in [0.4, 0.5) is 13.2 Å². The van der Waals surface area contributed by atoms with E-state index in [1.165, 1.54) is 45.1 Å². The number of hydrogen-bond acceptors (Lipinski definition) is 6. The second-order valence-electron chi connectivity index (χ2n) is 9.85. The van der Waals surface area contributed by atoms with Crippen LogP contribution in [0.1, 0.15) is 40.4 Å². The van der Waals surface area contributed by atoms with Crippen molar-refractivity contribution in [3.8, 4) is 0 Å². The van der Waals surface area contributed by atoms with Crippen LogP contribution in [-0.4, -0.2) is 97.1 Å². The lowest BCUT2D eigenvalue weighted by Gasteiger charge is -2.36. The van der Waals surface area contributed by atoms with Crippen LogP contribution in [-0.2, 0) is 11.0 Å². The topological polar surface area (TPSA) is 102 Å². The van der Waals surface area contributed by atoms with E-state index < -0.39 is 30.1 Å². The maximum Gasteiger partial charge on any atom is 0.416 e. The first-order valence-electron chi connectivity index (χ1n) is 13.3. The number of benzene rings is 2. The first kappa shape index (κ1) is 30.6. The van der Waals surface area contributed by atoms with E-state index in [1.54, 1.807) is 0 Å². The second kappa shape index (κ2) is 15.0. The normalized spacial score (nSPS) is 17.7. The van der Waals surface area contributed by atoms with Crippen molar-refractivity contribution in [1.29, 1.82) is 0 Å². The number of carbonyl (C=O) groups excluding carboxylic acids is 2. The van der Waals surface area contributed by atoms with E-state index in [2.05, 4.69) is 20.0 Å². The zero-order valence-corrected chi connectivity index (χ0v) is 22.1. The van der Waals surface area contributed by atoms with Gasteiger partial charge in [0.2, 0.25) is 5.91 Å². The number of nitrogens with two attached hydrogens (primary N) is 1. The van der Waals surface area contributed by atoms with Crippen LogP contribution in [0.25, 0.3) is 0 Å². The van der Waals surface area contributed by atoms with Gasteiger partial charge in [0, 0.05) is 51.4 Å². The van der Waals surface area contributed by atoms with Crippen molar-refractivity contribution in [2.45, 2.75) is 25.1 Å². The number of aliphatic hydroxyl groups excluding tert-OH is 1. The van der Waals surface area contributed by atoms with Gasteiger partial charge in [-0.05, 0) is 49.7 Å². The molecule has 2 amide bonds. The molecule has 0 radical (unpaired) electrons. The van der Waals surface area contributed by atoms with Crippen molar-refractivity contribution < 1.29 is 27.9 Å². The summed E-state index contributed by atoms with van der Waals surface area (Å²) < 4.78 is 37.0. The van der Waals surface area contributed by atoms with Gasteiger partial charge in [0.15, 0.2) is 0 Å². The molecule has 1 unspecified atom stereocenters. The highest BCUT2D eigenvalue weighted by molar-refractivity contribution is 5.96. The van der Waals surface area contributed by atoms with Gasteiger partial charge < -0.3 is 21.1 Å². The summed E-state index contributed by atoms with van der Waals surface area (Å²) in [4.78, 5) is 29.3. The van der Waals surface area contributed by atoms with Gasteiger partial charge in [-0.3, -0.25) is 19.4 Å². The molecule has 0 aliphatic carbocycles. The molecule has 1 atom stereocenters. The molecule has 2 aliphatic heterocycles. The minimum absolute atomic E-state index is 0.180. The fraction of sp³-hybridized carbons (Fsp3) is 0.500. The highest BCUT2D eigenvalue weighted by Crippen LogP contribution is 2.29. The predicted octanol–water partition coefficient (Wildman–Crippen LogP) is 2.35. The van der Waals surface area contributed by atoms with E-state index in [0.29, 0.717) is 6.07 Å². The number of β-amino-alcohol motifs (C(OH)–C–C–N with tert-alkyl or cyclic N) is 1. The van der Waals surface area contributed by atoms with E-state index in [9.17, 15) is 27.9 Å². The van der Waals surface area contributed by atoms with Gasteiger partial charge in [0.1, 0.15) is 0 Å². The van der Waals surface area contributed by atoms with Crippen molar-refractivity contribution >= 4 is 11.8 Å². The molecule has 39 heavy (non-hydrogen) atoms. The monoisotopic (exact) mass is 549 g/mol. The Kier molecular flexibility index (Phi) is 11.7. The minimum Gasteiger partial charge on any atom is -0.387 e. The summed E-state index contributed by atoms with van der Waals surface area (Å²) in [6.07, 6.45) is -2.12. The number of carbonyl (C=O) groups is 2. The van der Waals surface area contributed by atoms with Crippen LogP contribution >= 0.6 is 0 Å². The largest absolute Gasteiger partial charge is 0.416 e. The third-order valence-corrected chi connectivity index (χ3v) is 6.89. The summed E-state index contributed by atoms with van der Waals surface area (Å²) in [5.74, 6) is -1.56. The average Bonchev–Trinajstić information content (AvgIpc) is 3.45. The number of hydrogen-bond donors (Lipinski definition) is 3. The minimum atomic E-state index is -4.51. The van der Waals surface area contributed by atoms with Gasteiger partial charge in [-0.1, -0.05) is 36.4 Å². The first-order valence-corrected chi connectivity index (χ1v) is 13.3. The molecule has 0 bridgehead atoms. The molecule has 2 aliphatic rings. The summed E-state index contributed by atoms with van der Waals surface area (Å²) in [5, 5.41) is 12.4. The van der Waals surface area contributed by atoms with Gasteiger partial charge in [0.05, 0.1) is 18.2 Å². The second-order valence-corrected chi connectivity index (χ2v) is 9.85. The molecule has 4 rings (SSSR count). The number of alkyl halides is 3. The maximum atomic E-state index is 12.3. The molecule has 214 valence electrons. The summed E-state index contributed by atoms with van der Waals surface area (Å²) in [6.45, 7) is 9.77. The van der Waals surface area contributed by atoms with Crippen molar-refractivity contribution in [1.82, 2.24) is 20.0 Å². The van der Waals surface area contributed by atoms with E-state index >= 15 is 0 Å². The maximum absolute atomic E-state index is 12.3. The molecule has 2 aromatic carbocycles. The van der Waals surface area contributed by atoms with Gasteiger partial charge >= 0.3 is 6.18 Å². The number of primary amides is 1. The Morgan fingerprint density at radius 3 is 2.05 bits per heavy atom. The number of halogens is 3. The molecule has 0 saturated carbocycles. The Labute approximate surface area is 227 Å².